The van der Waals surface area contributed by atoms with Crippen LogP contribution in [0.15, 0.2) is 65.6 Å². The zero-order valence-electron chi connectivity index (χ0n) is 15.2. The maximum Gasteiger partial charge on any atom is 0.251 e. The number of carbonyl (C=O) groups is 1. The Kier molecular flexibility index (Phi) is 4.09. The van der Waals surface area contributed by atoms with Crippen LogP contribution in [0, 0.1) is 5.21 Å². The van der Waals surface area contributed by atoms with E-state index in [1.54, 1.807) is 18.5 Å². The van der Waals surface area contributed by atoms with Crippen LogP contribution in [0.25, 0.3) is 22.2 Å². The molecule has 1 amide bonds. The van der Waals surface area contributed by atoms with Crippen molar-refractivity contribution in [3.8, 4) is 16.9 Å². The Morgan fingerprint density at radius 3 is 3.03 bits per heavy atom. The summed E-state index contributed by atoms with van der Waals surface area (Å²) in [5, 5.41) is 17.9. The van der Waals surface area contributed by atoms with Crippen molar-refractivity contribution in [2.45, 2.75) is 12.5 Å². The van der Waals surface area contributed by atoms with E-state index in [0.717, 1.165) is 22.4 Å². The summed E-state index contributed by atoms with van der Waals surface area (Å²) >= 11 is 0. The number of hydrogen-bond acceptors (Lipinski definition) is 6. The number of carbonyl (C=O) groups excluding carboxylic acids is 1. The molecule has 29 heavy (non-hydrogen) atoms. The van der Waals surface area contributed by atoms with Crippen molar-refractivity contribution in [2.75, 3.05) is 6.54 Å². The molecule has 0 radical (unpaired) electrons. The Labute approximate surface area is 165 Å². The zero-order valence-corrected chi connectivity index (χ0v) is 15.2. The number of fused-ring (bicyclic) bond motifs is 2. The van der Waals surface area contributed by atoms with Gasteiger partial charge in [-0.1, -0.05) is 24.3 Å². The minimum atomic E-state index is -0.264. The minimum Gasteiger partial charge on any atom is -0.487 e. The molecule has 0 spiro atoms. The van der Waals surface area contributed by atoms with Gasteiger partial charge in [0, 0.05) is 46.7 Å². The summed E-state index contributed by atoms with van der Waals surface area (Å²) < 4.78 is 10.7. The van der Waals surface area contributed by atoms with E-state index < -0.39 is 0 Å². The number of nitrogens with zero attached hydrogens (tertiary/aromatic N) is 3. The largest absolute Gasteiger partial charge is 0.487 e. The van der Waals surface area contributed by atoms with E-state index in [1.165, 1.54) is 12.1 Å². The topological polar surface area (TPSA) is 104 Å². The average Bonchev–Trinajstić information content (AvgIpc) is 3.35. The van der Waals surface area contributed by atoms with Crippen LogP contribution in [0.1, 0.15) is 15.9 Å². The maximum absolute atomic E-state index is 12.5. The van der Waals surface area contributed by atoms with Crippen LogP contribution in [0.5, 0.6) is 5.75 Å². The van der Waals surface area contributed by atoms with Crippen LogP contribution >= 0.6 is 0 Å². The Morgan fingerprint density at radius 1 is 1.24 bits per heavy atom. The highest BCUT2D eigenvalue weighted by Crippen LogP contribution is 2.38. The van der Waals surface area contributed by atoms with Gasteiger partial charge in [0.15, 0.2) is 0 Å². The van der Waals surface area contributed by atoms with Crippen molar-refractivity contribution < 1.29 is 19.1 Å². The molecule has 0 aliphatic carbocycles. The Bertz CT molecular complexity index is 1210. The monoisotopic (exact) mass is 388 g/mol. The van der Waals surface area contributed by atoms with Crippen molar-refractivity contribution in [3.05, 3.63) is 77.3 Å². The predicted molar refractivity (Wildman–Crippen MR) is 103 cm³/mol. The summed E-state index contributed by atoms with van der Waals surface area (Å²) in [6, 6.07) is 14.5. The molecule has 8 nitrogen and oxygen atoms in total. The van der Waals surface area contributed by atoms with Gasteiger partial charge in [-0.15, -0.1) is 0 Å². The number of rotatable bonds is 4. The minimum absolute atomic E-state index is 0.161. The van der Waals surface area contributed by atoms with Crippen LogP contribution < -0.4 is 15.0 Å². The first-order chi connectivity index (χ1) is 14.2. The Hall–Kier alpha value is -3.94. The number of pyridine rings is 1. The summed E-state index contributed by atoms with van der Waals surface area (Å²) in [4.78, 5) is 17.0. The molecule has 1 atom stereocenters. The molecule has 0 bridgehead atoms. The van der Waals surface area contributed by atoms with Crippen molar-refractivity contribution in [3.63, 3.8) is 0 Å². The van der Waals surface area contributed by atoms with Crippen molar-refractivity contribution in [1.29, 1.82) is 0 Å². The first kappa shape index (κ1) is 17.2. The molecule has 3 heterocycles. The molecule has 1 aliphatic rings. The van der Waals surface area contributed by atoms with Gasteiger partial charge in [0.1, 0.15) is 11.9 Å². The molecule has 2 aromatic carbocycles. The number of nitrogens with one attached hydrogen (secondary N) is 1. The summed E-state index contributed by atoms with van der Waals surface area (Å²) in [5.41, 5.74) is 4.10. The normalized spacial score (nSPS) is 15.1. The number of amides is 1. The van der Waals surface area contributed by atoms with Crippen LogP contribution in [-0.4, -0.2) is 28.7 Å². The van der Waals surface area contributed by atoms with E-state index >= 15 is 0 Å². The SMILES string of the molecule is O=C(NCC1Cc2cccc(-c3cccnc3)c2O1)c1ccc2c(c1)no[n+]2[O-]. The third kappa shape index (κ3) is 3.14. The van der Waals surface area contributed by atoms with Crippen LogP contribution in [-0.2, 0) is 6.42 Å². The molecular weight excluding hydrogens is 372 g/mol. The highest BCUT2D eigenvalue weighted by molar-refractivity contribution is 5.96. The van der Waals surface area contributed by atoms with Gasteiger partial charge in [-0.25, -0.2) is 0 Å². The number of benzene rings is 2. The first-order valence-corrected chi connectivity index (χ1v) is 9.15. The van der Waals surface area contributed by atoms with Crippen molar-refractivity contribution >= 4 is 16.9 Å². The lowest BCUT2D eigenvalue weighted by Gasteiger charge is -2.13. The van der Waals surface area contributed by atoms with E-state index in [2.05, 4.69) is 20.1 Å². The molecule has 0 saturated heterocycles. The fourth-order valence-electron chi connectivity index (χ4n) is 3.53. The predicted octanol–water partition coefficient (Wildman–Crippen LogP) is 2.26. The van der Waals surface area contributed by atoms with Gasteiger partial charge in [0.2, 0.25) is 11.0 Å². The lowest BCUT2D eigenvalue weighted by Crippen LogP contribution is -2.34. The van der Waals surface area contributed by atoms with E-state index in [0.29, 0.717) is 28.9 Å². The van der Waals surface area contributed by atoms with Crippen molar-refractivity contribution in [1.82, 2.24) is 15.5 Å². The highest BCUT2D eigenvalue weighted by Gasteiger charge is 2.26. The molecule has 8 heteroatoms. The number of aromatic nitrogens is 3. The fourth-order valence-corrected chi connectivity index (χ4v) is 3.53. The van der Waals surface area contributed by atoms with Gasteiger partial charge in [-0.05, 0) is 28.7 Å². The summed E-state index contributed by atoms with van der Waals surface area (Å²) in [7, 11) is 0. The van der Waals surface area contributed by atoms with Crippen LogP contribution in [0.4, 0.5) is 0 Å². The summed E-state index contributed by atoms with van der Waals surface area (Å²) in [6.45, 7) is 0.360. The van der Waals surface area contributed by atoms with E-state index in [9.17, 15) is 10.0 Å². The molecule has 144 valence electrons. The van der Waals surface area contributed by atoms with Gasteiger partial charge in [-0.2, -0.15) is 0 Å². The third-order valence-electron chi connectivity index (χ3n) is 4.94. The van der Waals surface area contributed by atoms with Crippen molar-refractivity contribution in [2.24, 2.45) is 0 Å². The fraction of sp³-hybridized carbons (Fsp3) is 0.143. The molecule has 1 unspecified atom stereocenters. The second kappa shape index (κ2) is 6.90. The molecule has 5 rings (SSSR count). The molecule has 0 saturated carbocycles. The summed E-state index contributed by atoms with van der Waals surface area (Å²) in [5.74, 6) is 0.572. The standard InChI is InChI=1S/C21H16N4O4/c26-21(14-6-7-19-18(10-14)24-29-25(19)27)23-12-16-9-13-3-1-5-17(20(13)28-16)15-4-2-8-22-11-15/h1-8,10-11,16H,9,12H2,(H,23,26). The molecule has 1 N–H and O–H groups in total. The number of hydrogen-bond donors (Lipinski definition) is 1. The Morgan fingerprint density at radius 2 is 2.17 bits per heavy atom. The molecule has 2 aromatic heterocycles. The number of ether oxygens (including phenoxy) is 1. The Balaban J connectivity index is 1.28. The highest BCUT2D eigenvalue weighted by atomic mass is 16.8. The smallest absolute Gasteiger partial charge is 0.251 e. The summed E-state index contributed by atoms with van der Waals surface area (Å²) in [6.07, 6.45) is 4.09. The maximum atomic E-state index is 12.5. The van der Waals surface area contributed by atoms with Gasteiger partial charge in [-0.3, -0.25) is 14.4 Å². The molecule has 1 aliphatic heterocycles. The lowest BCUT2D eigenvalue weighted by atomic mass is 10.0. The molecular formula is C21H16N4O4. The third-order valence-corrected chi connectivity index (χ3v) is 4.94. The second-order valence-electron chi connectivity index (χ2n) is 6.82. The van der Waals surface area contributed by atoms with Crippen LogP contribution in [0.3, 0.4) is 0 Å². The van der Waals surface area contributed by atoms with Crippen LogP contribution in [0.2, 0.25) is 0 Å². The quantitative estimate of drug-likeness (QED) is 0.538. The van der Waals surface area contributed by atoms with Gasteiger partial charge < -0.3 is 15.3 Å². The van der Waals surface area contributed by atoms with E-state index in [1.807, 2.05) is 30.3 Å². The second-order valence-corrected chi connectivity index (χ2v) is 6.82. The van der Waals surface area contributed by atoms with Gasteiger partial charge in [0.25, 0.3) is 5.91 Å². The van der Waals surface area contributed by atoms with E-state index in [4.69, 9.17) is 4.74 Å². The van der Waals surface area contributed by atoms with E-state index in [-0.39, 0.29) is 17.5 Å². The van der Waals surface area contributed by atoms with Gasteiger partial charge >= 0.3 is 0 Å². The molecule has 0 fully saturated rings. The lowest BCUT2D eigenvalue weighted by molar-refractivity contribution is -0.782. The first-order valence-electron chi connectivity index (χ1n) is 9.15. The average molecular weight is 388 g/mol. The zero-order chi connectivity index (χ0) is 19.8. The van der Waals surface area contributed by atoms with Gasteiger partial charge in [0.05, 0.1) is 6.54 Å². The molecule has 4 aromatic rings. The number of para-hydroxylation sites is 1.